The third kappa shape index (κ3) is 4.81. The Morgan fingerprint density at radius 2 is 1.86 bits per heavy atom. The lowest BCUT2D eigenvalue weighted by Crippen LogP contribution is -2.38. The zero-order chi connectivity index (χ0) is 21.0. The van der Waals surface area contributed by atoms with Gasteiger partial charge in [-0.05, 0) is 59.7 Å². The fraction of sp³-hybridized carbons (Fsp3) is 0.565. The first-order valence-electron chi connectivity index (χ1n) is 10.7. The van der Waals surface area contributed by atoms with Gasteiger partial charge in [0.05, 0.1) is 5.52 Å². The van der Waals surface area contributed by atoms with Crippen LogP contribution in [0.25, 0.3) is 21.9 Å². The van der Waals surface area contributed by atoms with Gasteiger partial charge >= 0.3 is 0 Å². The van der Waals surface area contributed by atoms with Crippen LogP contribution in [0.3, 0.4) is 0 Å². The molecule has 0 aliphatic heterocycles. The highest BCUT2D eigenvalue weighted by Crippen LogP contribution is 2.28. The summed E-state index contributed by atoms with van der Waals surface area (Å²) in [5, 5.41) is 1.03. The zero-order valence-electron chi connectivity index (χ0n) is 18.5. The zero-order valence-corrected chi connectivity index (χ0v) is 18.5. The number of hydrogen-bond donors (Lipinski definition) is 1. The summed E-state index contributed by atoms with van der Waals surface area (Å²) >= 11 is 0. The molecule has 3 aromatic rings. The van der Waals surface area contributed by atoms with Crippen molar-refractivity contribution in [3.8, 4) is 0 Å². The van der Waals surface area contributed by atoms with E-state index in [0.29, 0.717) is 12.4 Å². The third-order valence-corrected chi connectivity index (χ3v) is 5.55. The van der Waals surface area contributed by atoms with Crippen molar-refractivity contribution in [3.63, 3.8) is 0 Å². The monoisotopic (exact) mass is 397 g/mol. The predicted octanol–water partition coefficient (Wildman–Crippen LogP) is 4.45. The lowest BCUT2D eigenvalue weighted by molar-refractivity contribution is 0.103. The van der Waals surface area contributed by atoms with Crippen LogP contribution in [0.1, 0.15) is 59.2 Å². The molecule has 0 saturated heterocycles. The maximum absolute atomic E-state index is 6.27. The van der Waals surface area contributed by atoms with Gasteiger partial charge in [-0.2, -0.15) is 4.73 Å². The Kier molecular flexibility index (Phi) is 6.63. The Labute approximate surface area is 174 Å². The molecule has 2 heterocycles. The highest BCUT2D eigenvalue weighted by molar-refractivity contribution is 6.06. The summed E-state index contributed by atoms with van der Waals surface area (Å²) < 4.78 is 1.92. The van der Waals surface area contributed by atoms with E-state index < -0.39 is 0 Å². The second-order valence-electron chi connectivity index (χ2n) is 8.77. The van der Waals surface area contributed by atoms with Gasteiger partial charge < -0.3 is 15.5 Å². The van der Waals surface area contributed by atoms with Crippen molar-refractivity contribution in [2.24, 2.45) is 0 Å². The Morgan fingerprint density at radius 3 is 2.59 bits per heavy atom. The number of anilines is 1. The minimum absolute atomic E-state index is 0.193. The van der Waals surface area contributed by atoms with Crippen molar-refractivity contribution in [1.82, 2.24) is 19.6 Å². The van der Waals surface area contributed by atoms with Gasteiger partial charge in [-0.1, -0.05) is 31.5 Å². The standard InChI is InChI=1S/C23H35N5O/c1-6-7-14-19-26-20-21(17-12-8-9-13-18(17)25-22(20)24)28(19)29-16-11-10-15-27(5)23(2,3)4/h8-9,12-13H,6-7,10-11,14-16H2,1-5H3,(H2,24,25). The average Bonchev–Trinajstić information content (AvgIpc) is 3.04. The summed E-state index contributed by atoms with van der Waals surface area (Å²) in [5.41, 5.74) is 8.97. The summed E-state index contributed by atoms with van der Waals surface area (Å²) in [6.07, 6.45) is 5.12. The summed E-state index contributed by atoms with van der Waals surface area (Å²) in [4.78, 5) is 18.0. The molecule has 0 aliphatic rings. The molecule has 0 spiro atoms. The first-order chi connectivity index (χ1) is 13.8. The molecule has 0 bridgehead atoms. The van der Waals surface area contributed by atoms with Crippen molar-refractivity contribution >= 4 is 27.8 Å². The van der Waals surface area contributed by atoms with Crippen LogP contribution in [-0.4, -0.2) is 45.3 Å². The first-order valence-corrected chi connectivity index (χ1v) is 10.7. The number of nitrogens with zero attached hydrogens (tertiary/aromatic N) is 4. The quantitative estimate of drug-likeness (QED) is 0.540. The Balaban J connectivity index is 1.83. The molecule has 0 amide bonds. The van der Waals surface area contributed by atoms with Crippen LogP contribution in [-0.2, 0) is 6.42 Å². The van der Waals surface area contributed by atoms with E-state index in [2.05, 4.69) is 50.7 Å². The number of unbranched alkanes of at least 4 members (excludes halogenated alkanes) is 2. The second-order valence-corrected chi connectivity index (χ2v) is 8.77. The number of hydrogen-bond acceptors (Lipinski definition) is 5. The van der Waals surface area contributed by atoms with Crippen LogP contribution in [0.2, 0.25) is 0 Å². The molecule has 3 rings (SSSR count). The number of pyridine rings is 1. The number of nitrogen functional groups attached to an aromatic ring is 1. The molecule has 6 heteroatoms. The Hall–Kier alpha value is -2.34. The molecule has 2 aromatic heterocycles. The molecule has 2 N–H and O–H groups in total. The first kappa shape index (κ1) is 21.4. The van der Waals surface area contributed by atoms with E-state index in [1.54, 1.807) is 0 Å². The predicted molar refractivity (Wildman–Crippen MR) is 121 cm³/mol. The summed E-state index contributed by atoms with van der Waals surface area (Å²) in [7, 11) is 2.18. The van der Waals surface area contributed by atoms with E-state index in [9.17, 15) is 0 Å². The molecule has 29 heavy (non-hydrogen) atoms. The van der Waals surface area contributed by atoms with E-state index >= 15 is 0 Å². The number of nitrogens with two attached hydrogens (primary N) is 1. The van der Waals surface area contributed by atoms with Gasteiger partial charge in [0.15, 0.2) is 5.82 Å². The van der Waals surface area contributed by atoms with Gasteiger partial charge in [-0.3, -0.25) is 0 Å². The van der Waals surface area contributed by atoms with Crippen LogP contribution in [0.15, 0.2) is 24.3 Å². The SMILES string of the molecule is CCCCc1nc2c(N)nc3ccccc3c2n1OCCCCN(C)C(C)(C)C. The van der Waals surface area contributed by atoms with Gasteiger partial charge in [-0.15, -0.1) is 0 Å². The largest absolute Gasteiger partial charge is 0.412 e. The minimum Gasteiger partial charge on any atom is -0.412 e. The van der Waals surface area contributed by atoms with E-state index in [1.807, 2.05) is 22.9 Å². The molecular weight excluding hydrogens is 362 g/mol. The van der Waals surface area contributed by atoms with Crippen molar-refractivity contribution in [3.05, 3.63) is 30.1 Å². The third-order valence-electron chi connectivity index (χ3n) is 5.55. The minimum atomic E-state index is 0.193. The van der Waals surface area contributed by atoms with E-state index in [0.717, 1.165) is 66.4 Å². The van der Waals surface area contributed by atoms with E-state index in [1.165, 1.54) is 0 Å². The fourth-order valence-electron chi connectivity index (χ4n) is 3.40. The normalized spacial score (nSPS) is 12.3. The molecule has 0 unspecified atom stereocenters. The van der Waals surface area contributed by atoms with Crippen molar-refractivity contribution in [1.29, 1.82) is 0 Å². The van der Waals surface area contributed by atoms with Crippen LogP contribution >= 0.6 is 0 Å². The second kappa shape index (κ2) is 8.99. The molecule has 1 aromatic carbocycles. The Morgan fingerprint density at radius 1 is 1.10 bits per heavy atom. The molecule has 0 radical (unpaired) electrons. The highest BCUT2D eigenvalue weighted by atomic mass is 16.7. The summed E-state index contributed by atoms with van der Waals surface area (Å²) in [5.74, 6) is 1.39. The van der Waals surface area contributed by atoms with Gasteiger partial charge in [0.2, 0.25) is 0 Å². The van der Waals surface area contributed by atoms with Crippen LogP contribution < -0.4 is 10.6 Å². The van der Waals surface area contributed by atoms with Crippen LogP contribution in [0, 0.1) is 0 Å². The lowest BCUT2D eigenvalue weighted by atomic mass is 10.1. The van der Waals surface area contributed by atoms with Gasteiger partial charge in [0.1, 0.15) is 23.5 Å². The molecule has 0 atom stereocenters. The topological polar surface area (TPSA) is 69.2 Å². The fourth-order valence-corrected chi connectivity index (χ4v) is 3.40. The van der Waals surface area contributed by atoms with Gasteiger partial charge in [0, 0.05) is 17.3 Å². The number of imidazole rings is 1. The Bertz CT molecular complexity index is 957. The maximum Gasteiger partial charge on any atom is 0.152 e. The number of aromatic nitrogens is 3. The lowest BCUT2D eigenvalue weighted by Gasteiger charge is -2.31. The highest BCUT2D eigenvalue weighted by Gasteiger charge is 2.19. The van der Waals surface area contributed by atoms with Crippen molar-refractivity contribution in [2.45, 2.75) is 65.3 Å². The number of rotatable bonds is 9. The van der Waals surface area contributed by atoms with Crippen LogP contribution in [0.4, 0.5) is 5.82 Å². The number of fused-ring (bicyclic) bond motifs is 3. The van der Waals surface area contributed by atoms with Crippen LogP contribution in [0.5, 0.6) is 0 Å². The molecule has 0 fully saturated rings. The maximum atomic E-state index is 6.27. The molecular formula is C23H35N5O. The van der Waals surface area contributed by atoms with Gasteiger partial charge in [-0.25, -0.2) is 9.97 Å². The molecule has 158 valence electrons. The summed E-state index contributed by atoms with van der Waals surface area (Å²) in [6, 6.07) is 8.04. The number of aryl methyl sites for hydroxylation is 1. The number of benzene rings is 1. The van der Waals surface area contributed by atoms with E-state index in [4.69, 9.17) is 15.6 Å². The average molecular weight is 398 g/mol. The van der Waals surface area contributed by atoms with Crippen molar-refractivity contribution in [2.75, 3.05) is 25.9 Å². The molecule has 0 saturated carbocycles. The smallest absolute Gasteiger partial charge is 0.152 e. The number of para-hydroxylation sites is 1. The molecule has 0 aliphatic carbocycles. The van der Waals surface area contributed by atoms with Gasteiger partial charge in [0.25, 0.3) is 0 Å². The van der Waals surface area contributed by atoms with Crippen molar-refractivity contribution < 1.29 is 4.84 Å². The van der Waals surface area contributed by atoms with E-state index in [-0.39, 0.29) is 5.54 Å². The molecule has 6 nitrogen and oxygen atoms in total. The summed E-state index contributed by atoms with van der Waals surface area (Å²) in [6.45, 7) is 10.6.